The topological polar surface area (TPSA) is 148 Å². The lowest BCUT2D eigenvalue weighted by molar-refractivity contribution is -0.137. The number of carbonyl (C=O) groups excluding carboxylic acids is 1. The van der Waals surface area contributed by atoms with Gasteiger partial charge in [-0.05, 0) is 24.6 Å². The van der Waals surface area contributed by atoms with Gasteiger partial charge in [0.2, 0.25) is 11.8 Å². The van der Waals surface area contributed by atoms with Crippen molar-refractivity contribution in [2.75, 3.05) is 33.4 Å². The zero-order valence-corrected chi connectivity index (χ0v) is 22.8. The summed E-state index contributed by atoms with van der Waals surface area (Å²) in [5.74, 6) is -0.749. The predicted molar refractivity (Wildman–Crippen MR) is 134 cm³/mol. The van der Waals surface area contributed by atoms with Crippen LogP contribution in [0.25, 0.3) is 0 Å². The van der Waals surface area contributed by atoms with Gasteiger partial charge in [0.05, 0.1) is 18.7 Å². The van der Waals surface area contributed by atoms with Crippen LogP contribution in [-0.4, -0.2) is 78.6 Å². The van der Waals surface area contributed by atoms with Crippen LogP contribution in [0.15, 0.2) is 30.5 Å². The van der Waals surface area contributed by atoms with Crippen LogP contribution in [0.2, 0.25) is 5.02 Å². The second kappa shape index (κ2) is 12.9. The molecule has 1 unspecified atom stereocenters. The average molecular weight is 611 g/mol. The van der Waals surface area contributed by atoms with Crippen molar-refractivity contribution in [3.8, 4) is 17.4 Å². The molecule has 1 atom stereocenters. The molecule has 0 spiro atoms. The molecular formula is C23H26ClF3N4O8S. The Morgan fingerprint density at radius 2 is 2.00 bits per heavy atom. The maximum atomic E-state index is 13.2. The molecule has 40 heavy (non-hydrogen) atoms. The van der Waals surface area contributed by atoms with Crippen molar-refractivity contribution < 1.29 is 50.5 Å². The highest BCUT2D eigenvalue weighted by molar-refractivity contribution is 7.87. The lowest BCUT2D eigenvalue weighted by Crippen LogP contribution is -2.46. The Labute approximate surface area is 232 Å². The van der Waals surface area contributed by atoms with E-state index in [1.54, 1.807) is 0 Å². The van der Waals surface area contributed by atoms with E-state index in [-0.39, 0.29) is 60.0 Å². The number of nitrogens with one attached hydrogen (secondary N) is 1. The van der Waals surface area contributed by atoms with E-state index in [0.29, 0.717) is 12.3 Å². The number of aromatic nitrogens is 1. The number of methoxy groups -OCH3 is 1. The van der Waals surface area contributed by atoms with Crippen LogP contribution in [0.4, 0.5) is 18.0 Å². The van der Waals surface area contributed by atoms with E-state index >= 15 is 0 Å². The molecule has 220 valence electrons. The second-order valence-corrected chi connectivity index (χ2v) is 10.8. The SMILES string of the molecule is COCCOc1ccc(CN(C(=O)O)S(=O)(=O)N2CCC(NC(C)=O)C2)c(Oc2ncc(C(F)(F)F)cc2Cl)c1. The fourth-order valence-electron chi connectivity index (χ4n) is 3.74. The highest BCUT2D eigenvalue weighted by Gasteiger charge is 2.39. The van der Waals surface area contributed by atoms with Gasteiger partial charge in [-0.2, -0.15) is 30.2 Å². The first kappa shape index (κ1) is 31.2. The summed E-state index contributed by atoms with van der Waals surface area (Å²) in [6.07, 6.45) is -5.71. The third kappa shape index (κ3) is 7.87. The summed E-state index contributed by atoms with van der Waals surface area (Å²) < 4.78 is 82.8. The van der Waals surface area contributed by atoms with Gasteiger partial charge in [-0.25, -0.2) is 9.78 Å². The minimum absolute atomic E-state index is 0.0143. The lowest BCUT2D eigenvalue weighted by atomic mass is 10.2. The zero-order chi connectivity index (χ0) is 29.7. The molecule has 2 aromatic rings. The third-order valence-corrected chi connectivity index (χ3v) is 7.72. The van der Waals surface area contributed by atoms with Crippen LogP contribution in [-0.2, 0) is 32.5 Å². The Morgan fingerprint density at radius 1 is 1.27 bits per heavy atom. The first-order chi connectivity index (χ1) is 18.7. The number of ether oxygens (including phenoxy) is 3. The van der Waals surface area contributed by atoms with Gasteiger partial charge in [0, 0.05) is 51.0 Å². The Bertz CT molecular complexity index is 1350. The van der Waals surface area contributed by atoms with Gasteiger partial charge in [0.25, 0.3) is 0 Å². The summed E-state index contributed by atoms with van der Waals surface area (Å²) in [4.78, 5) is 27.1. The summed E-state index contributed by atoms with van der Waals surface area (Å²) in [7, 11) is -3.11. The van der Waals surface area contributed by atoms with E-state index < -0.39 is 51.5 Å². The molecule has 1 aliphatic heterocycles. The number of carbonyl (C=O) groups is 2. The molecular weight excluding hydrogens is 585 g/mol. The van der Waals surface area contributed by atoms with Crippen LogP contribution in [0.5, 0.6) is 17.4 Å². The van der Waals surface area contributed by atoms with Crippen LogP contribution in [0, 0.1) is 0 Å². The fraction of sp³-hybridized carbons (Fsp3) is 0.435. The minimum atomic E-state index is -4.71. The Kier molecular flexibility index (Phi) is 10.0. The normalized spacial score (nSPS) is 16.0. The van der Waals surface area contributed by atoms with Crippen molar-refractivity contribution in [1.29, 1.82) is 0 Å². The van der Waals surface area contributed by atoms with E-state index in [1.807, 2.05) is 0 Å². The average Bonchev–Trinajstić information content (AvgIpc) is 3.32. The molecule has 0 bridgehead atoms. The van der Waals surface area contributed by atoms with Gasteiger partial charge in [-0.15, -0.1) is 0 Å². The number of nitrogens with zero attached hydrogens (tertiary/aromatic N) is 3. The number of amides is 2. The van der Waals surface area contributed by atoms with Gasteiger partial charge in [-0.1, -0.05) is 11.6 Å². The van der Waals surface area contributed by atoms with E-state index in [1.165, 1.54) is 32.2 Å². The maximum Gasteiger partial charge on any atom is 0.422 e. The van der Waals surface area contributed by atoms with Crippen LogP contribution < -0.4 is 14.8 Å². The van der Waals surface area contributed by atoms with E-state index in [9.17, 15) is 36.3 Å². The van der Waals surface area contributed by atoms with Gasteiger partial charge < -0.3 is 24.6 Å². The number of hydrogen-bond donors (Lipinski definition) is 2. The largest absolute Gasteiger partial charge is 0.491 e. The number of halogens is 4. The molecule has 12 nitrogen and oxygen atoms in total. The molecule has 0 radical (unpaired) electrons. The molecule has 17 heteroatoms. The van der Waals surface area contributed by atoms with Gasteiger partial charge in [-0.3, -0.25) is 4.79 Å². The molecule has 0 saturated carbocycles. The van der Waals surface area contributed by atoms with Gasteiger partial charge in [0.1, 0.15) is 23.1 Å². The molecule has 1 aliphatic rings. The van der Waals surface area contributed by atoms with Crippen LogP contribution in [0.3, 0.4) is 0 Å². The van der Waals surface area contributed by atoms with Crippen molar-refractivity contribution in [3.05, 3.63) is 46.6 Å². The number of rotatable bonds is 11. The first-order valence-electron chi connectivity index (χ1n) is 11.7. The summed E-state index contributed by atoms with van der Waals surface area (Å²) >= 11 is 5.97. The van der Waals surface area contributed by atoms with E-state index in [0.717, 1.165) is 4.31 Å². The van der Waals surface area contributed by atoms with E-state index in [4.69, 9.17) is 25.8 Å². The molecule has 1 aromatic carbocycles. The van der Waals surface area contributed by atoms with Crippen molar-refractivity contribution in [1.82, 2.24) is 18.9 Å². The standard InChI is InChI=1S/C23H26ClF3N4O8S/c1-14(32)29-17-5-6-30(13-17)40(35,36)31(22(33)34)12-15-3-4-18(38-8-7-37-2)10-20(15)39-21-19(24)9-16(11-28-21)23(25,26)27/h3-4,9-11,17H,5-8,12-13H2,1-2H3,(H,29,32)(H,33,34). The van der Waals surface area contributed by atoms with Crippen molar-refractivity contribution in [2.45, 2.75) is 32.1 Å². The summed E-state index contributed by atoms with van der Waals surface area (Å²) in [5.41, 5.74) is -1.10. The van der Waals surface area contributed by atoms with Crippen LogP contribution in [0.1, 0.15) is 24.5 Å². The number of hydrogen-bond acceptors (Lipinski definition) is 8. The highest BCUT2D eigenvalue weighted by atomic mass is 35.5. The van der Waals surface area contributed by atoms with E-state index in [2.05, 4.69) is 10.3 Å². The number of carboxylic acid groups (broad SMARTS) is 1. The number of alkyl halides is 3. The third-order valence-electron chi connectivity index (χ3n) is 5.63. The Hall–Kier alpha value is -3.34. The lowest BCUT2D eigenvalue weighted by Gasteiger charge is -2.26. The zero-order valence-electron chi connectivity index (χ0n) is 21.3. The predicted octanol–water partition coefficient (Wildman–Crippen LogP) is 3.51. The second-order valence-electron chi connectivity index (χ2n) is 8.56. The highest BCUT2D eigenvalue weighted by Crippen LogP contribution is 2.37. The van der Waals surface area contributed by atoms with Crippen molar-refractivity contribution >= 4 is 33.8 Å². The molecule has 0 aliphatic carbocycles. The summed E-state index contributed by atoms with van der Waals surface area (Å²) in [5, 5.41) is 11.9. The summed E-state index contributed by atoms with van der Waals surface area (Å²) in [6.45, 7) is 0.733. The van der Waals surface area contributed by atoms with Gasteiger partial charge >= 0.3 is 22.5 Å². The molecule has 1 fully saturated rings. The monoisotopic (exact) mass is 610 g/mol. The molecule has 1 aromatic heterocycles. The maximum absolute atomic E-state index is 13.2. The Morgan fingerprint density at radius 3 is 2.60 bits per heavy atom. The van der Waals surface area contributed by atoms with Crippen LogP contribution >= 0.6 is 11.6 Å². The Balaban J connectivity index is 1.94. The van der Waals surface area contributed by atoms with Crippen molar-refractivity contribution in [3.63, 3.8) is 0 Å². The fourth-order valence-corrected chi connectivity index (χ4v) is 5.43. The quantitative estimate of drug-likeness (QED) is 0.365. The first-order valence-corrected chi connectivity index (χ1v) is 13.4. The molecule has 1 saturated heterocycles. The number of pyridine rings is 1. The minimum Gasteiger partial charge on any atom is -0.491 e. The molecule has 2 N–H and O–H groups in total. The number of benzene rings is 1. The smallest absolute Gasteiger partial charge is 0.422 e. The molecule has 3 rings (SSSR count). The molecule has 2 amide bonds. The van der Waals surface area contributed by atoms with Gasteiger partial charge in [0.15, 0.2) is 0 Å². The molecule has 2 heterocycles. The van der Waals surface area contributed by atoms with Crippen molar-refractivity contribution in [2.24, 2.45) is 0 Å². The summed E-state index contributed by atoms with van der Waals surface area (Å²) in [6, 6.07) is 4.17.